The molecular formula is C15H22O3. The predicted molar refractivity (Wildman–Crippen MR) is 71.3 cm³/mol. The van der Waals surface area contributed by atoms with Crippen LogP contribution in [0.3, 0.4) is 0 Å². The van der Waals surface area contributed by atoms with E-state index in [1.54, 1.807) is 7.11 Å². The zero-order valence-electron chi connectivity index (χ0n) is 11.8. The predicted octanol–water partition coefficient (Wildman–Crippen LogP) is 2.35. The Bertz CT molecular complexity index is 454. The highest BCUT2D eigenvalue weighted by Gasteiger charge is 2.52. The van der Waals surface area contributed by atoms with Gasteiger partial charge in [0.25, 0.3) is 0 Å². The normalized spacial score (nSPS) is 18.3. The van der Waals surface area contributed by atoms with Crippen LogP contribution < -0.4 is 4.74 Å². The molecule has 1 aliphatic heterocycles. The number of hydrogen-bond donors (Lipinski definition) is 1. The van der Waals surface area contributed by atoms with Crippen LogP contribution in [-0.2, 0) is 10.2 Å². The van der Waals surface area contributed by atoms with Gasteiger partial charge in [0.15, 0.2) is 0 Å². The first-order valence-corrected chi connectivity index (χ1v) is 6.28. The maximum Gasteiger partial charge on any atom is 0.122 e. The molecule has 1 N–H and O–H groups in total. The molecular weight excluding hydrogens is 228 g/mol. The van der Waals surface area contributed by atoms with Gasteiger partial charge in [-0.05, 0) is 50.5 Å². The van der Waals surface area contributed by atoms with E-state index in [9.17, 15) is 5.11 Å². The summed E-state index contributed by atoms with van der Waals surface area (Å²) in [6, 6.07) is 4.03. The molecule has 0 spiro atoms. The Kier molecular flexibility index (Phi) is 3.16. The average Bonchev–Trinajstić information content (AvgIpc) is 2.21. The minimum Gasteiger partial charge on any atom is -0.496 e. The van der Waals surface area contributed by atoms with Crippen LogP contribution in [0.25, 0.3) is 0 Å². The standard InChI is InChI=1S/C15H22O3/c1-10-11(2)13(17-5)7-6-12(10)15(8-18-9-15)14(3,4)16/h6-7,16H,8-9H2,1-5H3. The number of aliphatic hydroxyl groups is 1. The summed E-state index contributed by atoms with van der Waals surface area (Å²) in [6.45, 7) is 8.99. The monoisotopic (exact) mass is 250 g/mol. The molecule has 1 saturated heterocycles. The van der Waals surface area contributed by atoms with E-state index in [2.05, 4.69) is 19.9 Å². The van der Waals surface area contributed by atoms with Crippen molar-refractivity contribution in [3.63, 3.8) is 0 Å². The largest absolute Gasteiger partial charge is 0.496 e. The third-order valence-electron chi connectivity index (χ3n) is 4.34. The lowest BCUT2D eigenvalue weighted by molar-refractivity contribution is -0.157. The second-order valence-electron chi connectivity index (χ2n) is 5.70. The van der Waals surface area contributed by atoms with Gasteiger partial charge in [0.05, 0.1) is 31.3 Å². The Hall–Kier alpha value is -1.06. The van der Waals surface area contributed by atoms with Crippen LogP contribution in [0.5, 0.6) is 5.75 Å². The molecule has 1 aromatic rings. The number of benzene rings is 1. The van der Waals surface area contributed by atoms with Crippen molar-refractivity contribution >= 4 is 0 Å². The maximum atomic E-state index is 10.5. The van der Waals surface area contributed by atoms with Gasteiger partial charge in [-0.25, -0.2) is 0 Å². The van der Waals surface area contributed by atoms with Crippen molar-refractivity contribution in [3.8, 4) is 5.75 Å². The van der Waals surface area contributed by atoms with Crippen molar-refractivity contribution in [3.05, 3.63) is 28.8 Å². The number of rotatable bonds is 3. The topological polar surface area (TPSA) is 38.7 Å². The molecule has 0 radical (unpaired) electrons. The first kappa shape index (κ1) is 13.4. The first-order chi connectivity index (χ1) is 8.33. The Balaban J connectivity index is 2.55. The summed E-state index contributed by atoms with van der Waals surface area (Å²) in [6.07, 6.45) is 0. The third kappa shape index (κ3) is 1.73. The van der Waals surface area contributed by atoms with E-state index in [-0.39, 0.29) is 5.41 Å². The summed E-state index contributed by atoms with van der Waals surface area (Å²) in [4.78, 5) is 0. The van der Waals surface area contributed by atoms with E-state index < -0.39 is 5.60 Å². The Morgan fingerprint density at radius 2 is 1.83 bits per heavy atom. The van der Waals surface area contributed by atoms with E-state index in [1.807, 2.05) is 19.9 Å². The molecule has 1 fully saturated rings. The summed E-state index contributed by atoms with van der Waals surface area (Å²) >= 11 is 0. The smallest absolute Gasteiger partial charge is 0.122 e. The zero-order valence-corrected chi connectivity index (χ0v) is 11.8. The molecule has 0 aliphatic carbocycles. The van der Waals surface area contributed by atoms with Gasteiger partial charge >= 0.3 is 0 Å². The summed E-state index contributed by atoms with van der Waals surface area (Å²) in [5.41, 5.74) is 2.38. The minimum atomic E-state index is -0.795. The van der Waals surface area contributed by atoms with Gasteiger partial charge in [0.2, 0.25) is 0 Å². The Morgan fingerprint density at radius 3 is 2.22 bits per heavy atom. The van der Waals surface area contributed by atoms with Crippen molar-refractivity contribution in [1.82, 2.24) is 0 Å². The van der Waals surface area contributed by atoms with Crippen molar-refractivity contribution in [1.29, 1.82) is 0 Å². The molecule has 1 aromatic carbocycles. The van der Waals surface area contributed by atoms with Crippen LogP contribution in [-0.4, -0.2) is 31.0 Å². The molecule has 0 bridgehead atoms. The molecule has 3 heteroatoms. The Labute approximate surface area is 109 Å². The van der Waals surface area contributed by atoms with Crippen LogP contribution in [0.1, 0.15) is 30.5 Å². The highest BCUT2D eigenvalue weighted by atomic mass is 16.5. The van der Waals surface area contributed by atoms with Crippen LogP contribution in [0, 0.1) is 13.8 Å². The third-order valence-corrected chi connectivity index (χ3v) is 4.34. The molecule has 0 saturated carbocycles. The molecule has 0 unspecified atom stereocenters. The highest BCUT2D eigenvalue weighted by molar-refractivity contribution is 5.48. The van der Waals surface area contributed by atoms with Gasteiger partial charge in [-0.1, -0.05) is 6.07 Å². The zero-order chi connectivity index (χ0) is 13.6. The molecule has 0 aromatic heterocycles. The lowest BCUT2D eigenvalue weighted by Crippen LogP contribution is -2.61. The number of hydrogen-bond acceptors (Lipinski definition) is 3. The summed E-state index contributed by atoms with van der Waals surface area (Å²) < 4.78 is 10.7. The van der Waals surface area contributed by atoms with Crippen LogP contribution in [0.2, 0.25) is 0 Å². The van der Waals surface area contributed by atoms with E-state index in [0.29, 0.717) is 13.2 Å². The second-order valence-corrected chi connectivity index (χ2v) is 5.70. The van der Waals surface area contributed by atoms with Crippen LogP contribution in [0.15, 0.2) is 12.1 Å². The van der Waals surface area contributed by atoms with Crippen molar-refractivity contribution in [2.24, 2.45) is 0 Å². The van der Waals surface area contributed by atoms with Gasteiger partial charge in [0, 0.05) is 0 Å². The number of methoxy groups -OCH3 is 1. The van der Waals surface area contributed by atoms with Crippen molar-refractivity contribution < 1.29 is 14.6 Å². The van der Waals surface area contributed by atoms with E-state index in [1.165, 1.54) is 11.1 Å². The van der Waals surface area contributed by atoms with E-state index in [4.69, 9.17) is 9.47 Å². The van der Waals surface area contributed by atoms with Crippen LogP contribution in [0.4, 0.5) is 0 Å². The fourth-order valence-corrected chi connectivity index (χ4v) is 2.68. The van der Waals surface area contributed by atoms with E-state index >= 15 is 0 Å². The SMILES string of the molecule is COc1ccc(C2(C(C)(C)O)COC2)c(C)c1C. The van der Waals surface area contributed by atoms with Crippen molar-refractivity contribution in [2.45, 2.75) is 38.7 Å². The summed E-state index contributed by atoms with van der Waals surface area (Å²) in [5, 5.41) is 10.5. The van der Waals surface area contributed by atoms with Gasteiger partial charge in [0.1, 0.15) is 5.75 Å². The molecule has 18 heavy (non-hydrogen) atoms. The lowest BCUT2D eigenvalue weighted by atomic mass is 9.65. The first-order valence-electron chi connectivity index (χ1n) is 6.28. The van der Waals surface area contributed by atoms with Gasteiger partial charge in [-0.3, -0.25) is 0 Å². The maximum absolute atomic E-state index is 10.5. The van der Waals surface area contributed by atoms with Crippen molar-refractivity contribution in [2.75, 3.05) is 20.3 Å². The minimum absolute atomic E-state index is 0.298. The molecule has 1 aliphatic rings. The highest BCUT2D eigenvalue weighted by Crippen LogP contribution is 2.44. The lowest BCUT2D eigenvalue weighted by Gasteiger charge is -2.50. The summed E-state index contributed by atoms with van der Waals surface area (Å²) in [7, 11) is 1.68. The molecule has 0 amide bonds. The molecule has 2 rings (SSSR count). The van der Waals surface area contributed by atoms with Gasteiger partial charge in [-0.2, -0.15) is 0 Å². The molecule has 3 nitrogen and oxygen atoms in total. The quantitative estimate of drug-likeness (QED) is 0.895. The Morgan fingerprint density at radius 1 is 1.22 bits per heavy atom. The molecule has 100 valence electrons. The molecule has 1 heterocycles. The van der Waals surface area contributed by atoms with Crippen LogP contribution >= 0.6 is 0 Å². The summed E-state index contributed by atoms with van der Waals surface area (Å²) in [5.74, 6) is 0.891. The number of ether oxygens (including phenoxy) is 2. The average molecular weight is 250 g/mol. The van der Waals surface area contributed by atoms with Gasteiger partial charge in [-0.15, -0.1) is 0 Å². The second kappa shape index (κ2) is 4.25. The van der Waals surface area contributed by atoms with E-state index in [0.717, 1.165) is 11.3 Å². The van der Waals surface area contributed by atoms with Gasteiger partial charge < -0.3 is 14.6 Å². The fraction of sp³-hybridized carbons (Fsp3) is 0.600. The molecule has 0 atom stereocenters. The fourth-order valence-electron chi connectivity index (χ4n) is 2.68.